The van der Waals surface area contributed by atoms with E-state index >= 15 is 0 Å². The summed E-state index contributed by atoms with van der Waals surface area (Å²) < 4.78 is 4.63. The van der Waals surface area contributed by atoms with Gasteiger partial charge in [0.15, 0.2) is 0 Å². The van der Waals surface area contributed by atoms with Crippen molar-refractivity contribution in [2.75, 3.05) is 19.7 Å². The molecule has 1 aromatic rings. The Balaban J connectivity index is 2.57. The monoisotopic (exact) mass is 350 g/mol. The minimum absolute atomic E-state index is 0.0225. The van der Waals surface area contributed by atoms with Crippen LogP contribution in [0, 0.1) is 12.3 Å². The highest BCUT2D eigenvalue weighted by atomic mass is 16.5. The summed E-state index contributed by atoms with van der Waals surface area (Å²) >= 11 is 0. The van der Waals surface area contributed by atoms with Crippen LogP contribution < -0.4 is 16.4 Å². The number of nitrogens with two attached hydrogens (primary N) is 1. The lowest BCUT2D eigenvalue weighted by atomic mass is 10.0. The number of hydrogen-bond acceptors (Lipinski definition) is 5. The Morgan fingerprint density at radius 2 is 1.96 bits per heavy atom. The Kier molecular flexibility index (Phi) is 9.57. The van der Waals surface area contributed by atoms with Crippen LogP contribution in [0.15, 0.2) is 30.3 Å². The Morgan fingerprint density at radius 1 is 1.28 bits per heavy atom. The lowest BCUT2D eigenvalue weighted by molar-refractivity contribution is -0.125. The Bertz CT molecular complexity index is 522. The molecule has 7 heteroatoms. The highest BCUT2D eigenvalue weighted by Gasteiger charge is 2.26. The number of amides is 2. The van der Waals surface area contributed by atoms with E-state index in [1.54, 1.807) is 6.42 Å². The first kappa shape index (κ1) is 20.9. The maximum absolute atomic E-state index is 12.3. The predicted octanol–water partition coefficient (Wildman–Crippen LogP) is 0.620. The Labute approximate surface area is 148 Å². The second-order valence-corrected chi connectivity index (χ2v) is 6.15. The van der Waals surface area contributed by atoms with Crippen LogP contribution >= 0.6 is 0 Å². The molecule has 0 aliphatic heterocycles. The van der Waals surface area contributed by atoms with Crippen LogP contribution in [0.4, 0.5) is 4.79 Å². The van der Waals surface area contributed by atoms with E-state index in [1.807, 2.05) is 44.2 Å². The molecule has 7 nitrogen and oxygen atoms in total. The third-order valence-electron chi connectivity index (χ3n) is 3.46. The zero-order valence-electron chi connectivity index (χ0n) is 14.8. The molecule has 0 aliphatic rings. The van der Waals surface area contributed by atoms with Gasteiger partial charge in [-0.15, -0.1) is 0 Å². The number of rotatable bonds is 11. The first-order chi connectivity index (χ1) is 11.9. The molecule has 0 saturated carbocycles. The molecular formula is C18H28N3O4. The average Bonchev–Trinajstić information content (AvgIpc) is 2.58. The fourth-order valence-corrected chi connectivity index (χ4v) is 2.16. The van der Waals surface area contributed by atoms with Crippen molar-refractivity contribution in [3.63, 3.8) is 0 Å². The third-order valence-corrected chi connectivity index (χ3v) is 3.46. The van der Waals surface area contributed by atoms with Crippen LogP contribution in [0.2, 0.25) is 0 Å². The smallest absolute Gasteiger partial charge is 0.404 e. The van der Waals surface area contributed by atoms with Crippen molar-refractivity contribution in [1.82, 2.24) is 10.6 Å². The number of hydrogen-bond donors (Lipinski definition) is 4. The zero-order chi connectivity index (χ0) is 18.7. The Hall–Kier alpha value is -2.12. The molecule has 0 saturated heterocycles. The first-order valence-electron chi connectivity index (χ1n) is 8.38. The summed E-state index contributed by atoms with van der Waals surface area (Å²) in [6.45, 7) is 4.72. The molecule has 0 bridgehead atoms. The summed E-state index contributed by atoms with van der Waals surface area (Å²) in [7, 11) is 0. The maximum Gasteiger partial charge on any atom is 0.404 e. The lowest BCUT2D eigenvalue weighted by Crippen LogP contribution is -2.53. The molecule has 0 heterocycles. The van der Waals surface area contributed by atoms with Crippen molar-refractivity contribution in [2.45, 2.75) is 32.4 Å². The summed E-state index contributed by atoms with van der Waals surface area (Å²) in [5.74, 6) is -0.00202. The molecule has 2 unspecified atom stereocenters. The van der Waals surface area contributed by atoms with Crippen molar-refractivity contribution < 1.29 is 19.4 Å². The van der Waals surface area contributed by atoms with Gasteiger partial charge < -0.3 is 26.2 Å². The molecule has 1 aromatic carbocycles. The van der Waals surface area contributed by atoms with Crippen LogP contribution in [0.25, 0.3) is 0 Å². The molecule has 1 radical (unpaired) electrons. The van der Waals surface area contributed by atoms with Gasteiger partial charge in [0.25, 0.3) is 0 Å². The number of aliphatic hydroxyl groups is 1. The fourth-order valence-electron chi connectivity index (χ4n) is 2.16. The largest absolute Gasteiger partial charge is 0.448 e. The van der Waals surface area contributed by atoms with Gasteiger partial charge in [-0.05, 0) is 24.3 Å². The topological polar surface area (TPSA) is 114 Å². The second-order valence-electron chi connectivity index (χ2n) is 6.15. The third kappa shape index (κ3) is 9.07. The number of ether oxygens (including phenoxy) is 1. The molecular weight excluding hydrogens is 322 g/mol. The first-order valence-corrected chi connectivity index (χ1v) is 8.38. The minimum atomic E-state index is -0.985. The predicted molar refractivity (Wildman–Crippen MR) is 95.6 cm³/mol. The average molecular weight is 350 g/mol. The van der Waals surface area contributed by atoms with Gasteiger partial charge in [-0.1, -0.05) is 44.2 Å². The van der Waals surface area contributed by atoms with Crippen LogP contribution in [0.1, 0.15) is 19.4 Å². The van der Waals surface area contributed by atoms with Gasteiger partial charge in [0.2, 0.25) is 5.91 Å². The van der Waals surface area contributed by atoms with E-state index in [0.717, 1.165) is 5.56 Å². The number of carbonyl (C=O) groups excluding carboxylic acids is 2. The molecule has 139 valence electrons. The molecule has 0 aliphatic carbocycles. The molecule has 2 amide bonds. The molecule has 25 heavy (non-hydrogen) atoms. The van der Waals surface area contributed by atoms with Crippen molar-refractivity contribution in [1.29, 1.82) is 0 Å². The number of carbonyl (C=O) groups is 2. The van der Waals surface area contributed by atoms with Crippen LogP contribution in [0.5, 0.6) is 0 Å². The van der Waals surface area contributed by atoms with Crippen LogP contribution in [-0.4, -0.2) is 48.9 Å². The summed E-state index contributed by atoms with van der Waals surface area (Å²) in [4.78, 5) is 22.9. The van der Waals surface area contributed by atoms with E-state index in [1.165, 1.54) is 0 Å². The van der Waals surface area contributed by atoms with E-state index in [2.05, 4.69) is 15.4 Å². The number of aliphatic hydroxyl groups excluding tert-OH is 1. The second kappa shape index (κ2) is 11.4. The Morgan fingerprint density at radius 3 is 2.56 bits per heavy atom. The van der Waals surface area contributed by atoms with Crippen molar-refractivity contribution >= 4 is 12.0 Å². The van der Waals surface area contributed by atoms with Crippen molar-refractivity contribution in [3.05, 3.63) is 42.3 Å². The van der Waals surface area contributed by atoms with Gasteiger partial charge in [-0.2, -0.15) is 0 Å². The quantitative estimate of drug-likeness (QED) is 0.437. The standard InChI is InChI=1S/C18H28N3O4/c1-13(2)12-21-17(23)16(20-10-11-25-18(19)24)15(22)9-8-14-6-4-3-5-7-14/h3-7,9,13,15-16,20,22H,8,10-12H2,1-2H3,(H2,19,24)(H,21,23). The normalized spacial score (nSPS) is 13.3. The summed E-state index contributed by atoms with van der Waals surface area (Å²) in [5.41, 5.74) is 5.94. The van der Waals surface area contributed by atoms with Gasteiger partial charge in [-0.3, -0.25) is 4.79 Å². The van der Waals surface area contributed by atoms with Gasteiger partial charge in [0.1, 0.15) is 12.6 Å². The summed E-state index contributed by atoms with van der Waals surface area (Å²) in [6, 6.07) is 8.82. The van der Waals surface area contributed by atoms with E-state index < -0.39 is 18.2 Å². The van der Waals surface area contributed by atoms with Gasteiger partial charge in [-0.25, -0.2) is 4.79 Å². The summed E-state index contributed by atoms with van der Waals surface area (Å²) in [5, 5.41) is 16.1. The van der Waals surface area contributed by atoms with E-state index in [9.17, 15) is 14.7 Å². The van der Waals surface area contributed by atoms with E-state index in [-0.39, 0.29) is 19.1 Å². The highest BCUT2D eigenvalue weighted by molar-refractivity contribution is 5.82. The molecule has 0 spiro atoms. The van der Waals surface area contributed by atoms with Gasteiger partial charge in [0, 0.05) is 13.1 Å². The number of nitrogens with one attached hydrogen (secondary N) is 2. The highest BCUT2D eigenvalue weighted by Crippen LogP contribution is 2.07. The van der Waals surface area contributed by atoms with Gasteiger partial charge >= 0.3 is 6.09 Å². The van der Waals surface area contributed by atoms with Crippen molar-refractivity contribution in [3.8, 4) is 0 Å². The lowest BCUT2D eigenvalue weighted by Gasteiger charge is -2.24. The molecule has 1 rings (SSSR count). The van der Waals surface area contributed by atoms with Crippen molar-refractivity contribution in [2.24, 2.45) is 11.7 Å². The van der Waals surface area contributed by atoms with Gasteiger partial charge in [0.05, 0.1) is 6.10 Å². The molecule has 0 aromatic heterocycles. The fraction of sp³-hybridized carbons (Fsp3) is 0.500. The maximum atomic E-state index is 12.3. The molecule has 0 fully saturated rings. The van der Waals surface area contributed by atoms with Crippen LogP contribution in [0.3, 0.4) is 0 Å². The van der Waals surface area contributed by atoms with E-state index in [4.69, 9.17) is 5.73 Å². The number of benzene rings is 1. The zero-order valence-corrected chi connectivity index (χ0v) is 14.8. The SMILES string of the molecule is CC(C)CNC(=O)C(NCCOC(N)=O)C(O)[CH]Cc1ccccc1. The number of primary amides is 1. The van der Waals surface area contributed by atoms with E-state index in [0.29, 0.717) is 18.9 Å². The molecule has 2 atom stereocenters. The molecule has 5 N–H and O–H groups in total. The summed E-state index contributed by atoms with van der Waals surface area (Å²) in [6.07, 6.45) is 0.353. The minimum Gasteiger partial charge on any atom is -0.448 e. The van der Waals surface area contributed by atoms with Crippen LogP contribution in [-0.2, 0) is 16.0 Å².